The Bertz CT molecular complexity index is 366. The number of halogens is 1. The summed E-state index contributed by atoms with van der Waals surface area (Å²) in [6, 6.07) is 3.32. The van der Waals surface area contributed by atoms with Gasteiger partial charge in [-0.2, -0.15) is 0 Å². The van der Waals surface area contributed by atoms with E-state index < -0.39 is 17.8 Å². The lowest BCUT2D eigenvalue weighted by molar-refractivity contribution is -0.139. The van der Waals surface area contributed by atoms with Gasteiger partial charge < -0.3 is 10.4 Å². The molecule has 0 bridgehead atoms. The quantitative estimate of drug-likeness (QED) is 0.799. The minimum atomic E-state index is -0.995. The number of likely N-dealkylation sites (N-methyl/N-ethyl adjacent to an activating group) is 1. The fraction of sp³-hybridized carbons (Fsp3) is 0.364. The summed E-state index contributed by atoms with van der Waals surface area (Å²) in [5.74, 6) is -1.41. The van der Waals surface area contributed by atoms with Crippen LogP contribution in [0.15, 0.2) is 18.2 Å². The molecule has 0 heterocycles. The van der Waals surface area contributed by atoms with Gasteiger partial charge in [-0.15, -0.1) is 0 Å². The summed E-state index contributed by atoms with van der Waals surface area (Å²) >= 11 is 0. The van der Waals surface area contributed by atoms with Crippen molar-refractivity contribution in [2.24, 2.45) is 0 Å². The third kappa shape index (κ3) is 2.76. The Morgan fingerprint density at radius 3 is 2.80 bits per heavy atom. The SMILES string of the molecule is CCNC(C(=O)O)c1cc(F)ccc1C. The lowest BCUT2D eigenvalue weighted by Gasteiger charge is -2.15. The molecule has 0 radical (unpaired) electrons. The van der Waals surface area contributed by atoms with Gasteiger partial charge in [-0.1, -0.05) is 13.0 Å². The highest BCUT2D eigenvalue weighted by molar-refractivity contribution is 5.76. The minimum Gasteiger partial charge on any atom is -0.480 e. The number of hydrogen-bond acceptors (Lipinski definition) is 2. The van der Waals surface area contributed by atoms with E-state index >= 15 is 0 Å². The summed E-state index contributed by atoms with van der Waals surface area (Å²) in [4.78, 5) is 11.0. The number of carboxylic acid groups (broad SMARTS) is 1. The predicted octanol–water partition coefficient (Wildman–Crippen LogP) is 1.87. The van der Waals surface area contributed by atoms with Crippen molar-refractivity contribution < 1.29 is 14.3 Å². The number of rotatable bonds is 4. The molecule has 1 aromatic rings. The molecule has 3 nitrogen and oxygen atoms in total. The zero-order chi connectivity index (χ0) is 11.4. The maximum Gasteiger partial charge on any atom is 0.325 e. The number of benzene rings is 1. The van der Waals surface area contributed by atoms with Crippen LogP contribution in [0.2, 0.25) is 0 Å². The Morgan fingerprint density at radius 1 is 1.60 bits per heavy atom. The van der Waals surface area contributed by atoms with Gasteiger partial charge in [0.2, 0.25) is 0 Å². The van der Waals surface area contributed by atoms with Crippen molar-refractivity contribution in [1.82, 2.24) is 5.32 Å². The summed E-state index contributed by atoms with van der Waals surface area (Å²) in [6.45, 7) is 4.10. The predicted molar refractivity (Wildman–Crippen MR) is 55.2 cm³/mol. The van der Waals surface area contributed by atoms with E-state index in [4.69, 9.17) is 5.11 Å². The molecular formula is C11H14FNO2. The van der Waals surface area contributed by atoms with Gasteiger partial charge in [0.15, 0.2) is 0 Å². The molecule has 0 saturated carbocycles. The number of carboxylic acids is 1. The van der Waals surface area contributed by atoms with Crippen LogP contribution in [-0.4, -0.2) is 17.6 Å². The van der Waals surface area contributed by atoms with Crippen molar-refractivity contribution >= 4 is 5.97 Å². The first-order valence-electron chi connectivity index (χ1n) is 4.78. The second kappa shape index (κ2) is 4.89. The number of carbonyl (C=O) groups is 1. The Hall–Kier alpha value is -1.42. The van der Waals surface area contributed by atoms with Crippen molar-refractivity contribution in [2.75, 3.05) is 6.54 Å². The van der Waals surface area contributed by atoms with E-state index in [9.17, 15) is 9.18 Å². The molecule has 0 aromatic heterocycles. The van der Waals surface area contributed by atoms with E-state index in [1.807, 2.05) is 6.92 Å². The summed E-state index contributed by atoms with van der Waals surface area (Å²) in [5, 5.41) is 11.8. The van der Waals surface area contributed by atoms with E-state index in [-0.39, 0.29) is 0 Å². The lowest BCUT2D eigenvalue weighted by Crippen LogP contribution is -2.28. The van der Waals surface area contributed by atoms with Gasteiger partial charge in [-0.05, 0) is 36.7 Å². The fourth-order valence-electron chi connectivity index (χ4n) is 1.46. The van der Waals surface area contributed by atoms with Crippen LogP contribution in [0.25, 0.3) is 0 Å². The smallest absolute Gasteiger partial charge is 0.325 e. The minimum absolute atomic E-state index is 0.417. The van der Waals surface area contributed by atoms with Crippen LogP contribution in [0.5, 0.6) is 0 Å². The fourth-order valence-corrected chi connectivity index (χ4v) is 1.46. The Kier molecular flexibility index (Phi) is 3.80. The molecule has 82 valence electrons. The third-order valence-corrected chi connectivity index (χ3v) is 2.21. The third-order valence-electron chi connectivity index (χ3n) is 2.21. The molecule has 1 unspecified atom stereocenters. The molecule has 2 N–H and O–H groups in total. The first-order valence-corrected chi connectivity index (χ1v) is 4.78. The molecule has 4 heteroatoms. The highest BCUT2D eigenvalue weighted by Crippen LogP contribution is 2.19. The van der Waals surface area contributed by atoms with Crippen LogP contribution >= 0.6 is 0 Å². The van der Waals surface area contributed by atoms with Gasteiger partial charge >= 0.3 is 5.97 Å². The Morgan fingerprint density at radius 2 is 2.27 bits per heavy atom. The standard InChI is InChI=1S/C11H14FNO2/c1-3-13-10(11(14)15)9-6-8(12)5-4-7(9)2/h4-6,10,13H,3H2,1-2H3,(H,14,15). The van der Waals surface area contributed by atoms with Crippen LogP contribution in [-0.2, 0) is 4.79 Å². The van der Waals surface area contributed by atoms with Crippen LogP contribution in [0.4, 0.5) is 4.39 Å². The van der Waals surface area contributed by atoms with Crippen LogP contribution < -0.4 is 5.32 Å². The van der Waals surface area contributed by atoms with Crippen LogP contribution in [0, 0.1) is 12.7 Å². The van der Waals surface area contributed by atoms with Gasteiger partial charge in [-0.3, -0.25) is 4.79 Å². The Balaban J connectivity index is 3.09. The van der Waals surface area contributed by atoms with Crippen molar-refractivity contribution in [1.29, 1.82) is 0 Å². The van der Waals surface area contributed by atoms with E-state index in [1.54, 1.807) is 13.0 Å². The molecule has 0 aliphatic rings. The summed E-state index contributed by atoms with van der Waals surface area (Å²) in [6.07, 6.45) is 0. The van der Waals surface area contributed by atoms with Crippen molar-refractivity contribution in [3.05, 3.63) is 35.1 Å². The molecule has 15 heavy (non-hydrogen) atoms. The van der Waals surface area contributed by atoms with Gasteiger partial charge in [-0.25, -0.2) is 4.39 Å². The van der Waals surface area contributed by atoms with Crippen molar-refractivity contribution in [3.8, 4) is 0 Å². The van der Waals surface area contributed by atoms with Gasteiger partial charge in [0.05, 0.1) is 0 Å². The average molecular weight is 211 g/mol. The maximum atomic E-state index is 13.0. The van der Waals surface area contributed by atoms with Crippen molar-refractivity contribution in [2.45, 2.75) is 19.9 Å². The van der Waals surface area contributed by atoms with E-state index in [0.717, 1.165) is 5.56 Å². The summed E-state index contributed by atoms with van der Waals surface area (Å²) < 4.78 is 13.0. The second-order valence-corrected chi connectivity index (χ2v) is 3.33. The molecule has 0 aliphatic heterocycles. The van der Waals surface area contributed by atoms with Gasteiger partial charge in [0, 0.05) is 0 Å². The molecule has 0 aliphatic carbocycles. The molecule has 1 atom stereocenters. The molecule has 0 spiro atoms. The number of nitrogens with one attached hydrogen (secondary N) is 1. The van der Waals surface area contributed by atoms with E-state index in [1.165, 1.54) is 12.1 Å². The molecular weight excluding hydrogens is 197 g/mol. The molecule has 1 rings (SSSR count). The van der Waals surface area contributed by atoms with E-state index in [0.29, 0.717) is 12.1 Å². The zero-order valence-corrected chi connectivity index (χ0v) is 8.75. The molecule has 0 saturated heterocycles. The second-order valence-electron chi connectivity index (χ2n) is 3.33. The average Bonchev–Trinajstić information content (AvgIpc) is 2.18. The molecule has 1 aromatic carbocycles. The monoisotopic (exact) mass is 211 g/mol. The number of hydrogen-bond donors (Lipinski definition) is 2. The highest BCUT2D eigenvalue weighted by atomic mass is 19.1. The van der Waals surface area contributed by atoms with Crippen LogP contribution in [0.3, 0.4) is 0 Å². The highest BCUT2D eigenvalue weighted by Gasteiger charge is 2.20. The molecule has 0 fully saturated rings. The van der Waals surface area contributed by atoms with E-state index in [2.05, 4.69) is 5.32 Å². The first-order chi connectivity index (χ1) is 7.06. The zero-order valence-electron chi connectivity index (χ0n) is 8.75. The normalized spacial score (nSPS) is 12.5. The summed E-state index contributed by atoms with van der Waals surface area (Å²) in [7, 11) is 0. The van der Waals surface area contributed by atoms with Gasteiger partial charge in [0.25, 0.3) is 0 Å². The lowest BCUT2D eigenvalue weighted by atomic mass is 10.0. The largest absolute Gasteiger partial charge is 0.480 e. The first kappa shape index (κ1) is 11.7. The molecule has 0 amide bonds. The number of aliphatic carboxylic acids is 1. The Labute approximate surface area is 87.9 Å². The van der Waals surface area contributed by atoms with Crippen molar-refractivity contribution in [3.63, 3.8) is 0 Å². The maximum absolute atomic E-state index is 13.0. The van der Waals surface area contributed by atoms with Crippen LogP contribution in [0.1, 0.15) is 24.1 Å². The van der Waals surface area contributed by atoms with Gasteiger partial charge in [0.1, 0.15) is 11.9 Å². The summed E-state index contributed by atoms with van der Waals surface area (Å²) in [5.41, 5.74) is 1.24. The topological polar surface area (TPSA) is 49.3 Å². The number of aryl methyl sites for hydroxylation is 1.